The van der Waals surface area contributed by atoms with E-state index < -0.39 is 0 Å². The molecular formula is C15H20N4O2. The molecule has 2 aromatic heterocycles. The molecule has 6 nitrogen and oxygen atoms in total. The Kier molecular flexibility index (Phi) is 4.06. The minimum Gasteiger partial charge on any atom is -0.463 e. The highest BCUT2D eigenvalue weighted by Gasteiger charge is 2.28. The van der Waals surface area contributed by atoms with Crippen LogP contribution in [0.3, 0.4) is 0 Å². The number of amides is 1. The van der Waals surface area contributed by atoms with Crippen molar-refractivity contribution in [1.29, 1.82) is 0 Å². The van der Waals surface area contributed by atoms with E-state index in [4.69, 9.17) is 4.42 Å². The highest BCUT2D eigenvalue weighted by molar-refractivity contribution is 5.93. The van der Waals surface area contributed by atoms with E-state index in [1.165, 1.54) is 0 Å². The van der Waals surface area contributed by atoms with Crippen LogP contribution in [0.4, 0.5) is 0 Å². The van der Waals surface area contributed by atoms with Gasteiger partial charge in [-0.1, -0.05) is 6.92 Å². The smallest absolute Gasteiger partial charge is 0.274 e. The van der Waals surface area contributed by atoms with Crippen molar-refractivity contribution in [2.75, 3.05) is 19.6 Å². The van der Waals surface area contributed by atoms with E-state index in [0.29, 0.717) is 11.5 Å². The number of nitrogens with one attached hydrogen (secondary N) is 2. The molecule has 3 heterocycles. The largest absolute Gasteiger partial charge is 0.463 e. The zero-order chi connectivity index (χ0) is 14.7. The van der Waals surface area contributed by atoms with Crippen LogP contribution in [0, 0.1) is 0 Å². The average Bonchev–Trinajstić information content (AvgIpc) is 3.25. The second-order valence-corrected chi connectivity index (χ2v) is 5.29. The summed E-state index contributed by atoms with van der Waals surface area (Å²) in [5.74, 6) is 0.672. The van der Waals surface area contributed by atoms with Crippen molar-refractivity contribution < 1.29 is 9.21 Å². The summed E-state index contributed by atoms with van der Waals surface area (Å²) in [5.41, 5.74) is 1.17. The Hall–Kier alpha value is -2.08. The topological polar surface area (TPSA) is 74.2 Å². The van der Waals surface area contributed by atoms with Gasteiger partial charge in [0.1, 0.15) is 5.69 Å². The Balaban J connectivity index is 1.79. The lowest BCUT2D eigenvalue weighted by atomic mass is 10.2. The summed E-state index contributed by atoms with van der Waals surface area (Å²) in [5, 5.41) is 10.3. The Morgan fingerprint density at radius 3 is 3.14 bits per heavy atom. The van der Waals surface area contributed by atoms with E-state index in [9.17, 15) is 4.79 Å². The normalized spacial score (nSPS) is 18.0. The molecule has 1 amide bonds. The fraction of sp³-hybridized carbons (Fsp3) is 0.467. The molecule has 1 unspecified atom stereocenters. The Bertz CT molecular complexity index is 585. The van der Waals surface area contributed by atoms with Gasteiger partial charge >= 0.3 is 0 Å². The standard InChI is InChI=1S/C15H20N4O2/c1-2-7-19(11-5-6-16-10-11)15(20)13-9-12(17-18-13)14-4-3-8-21-14/h3-4,8-9,11,16H,2,5-7,10H2,1H3,(H,17,18). The lowest BCUT2D eigenvalue weighted by molar-refractivity contribution is 0.0686. The summed E-state index contributed by atoms with van der Waals surface area (Å²) >= 11 is 0. The van der Waals surface area contributed by atoms with Crippen LogP contribution in [0.1, 0.15) is 30.3 Å². The summed E-state index contributed by atoms with van der Waals surface area (Å²) in [4.78, 5) is 14.6. The van der Waals surface area contributed by atoms with Gasteiger partial charge in [-0.15, -0.1) is 0 Å². The van der Waals surface area contributed by atoms with Crippen molar-refractivity contribution in [3.8, 4) is 11.5 Å². The Labute approximate surface area is 123 Å². The maximum Gasteiger partial charge on any atom is 0.274 e. The molecule has 1 saturated heterocycles. The van der Waals surface area contributed by atoms with Crippen molar-refractivity contribution in [2.45, 2.75) is 25.8 Å². The first-order valence-electron chi connectivity index (χ1n) is 7.40. The molecular weight excluding hydrogens is 268 g/mol. The van der Waals surface area contributed by atoms with Gasteiger partial charge in [-0.25, -0.2) is 0 Å². The van der Waals surface area contributed by atoms with Crippen LogP contribution in [-0.4, -0.2) is 46.7 Å². The maximum absolute atomic E-state index is 12.7. The number of aromatic amines is 1. The van der Waals surface area contributed by atoms with Crippen molar-refractivity contribution in [2.24, 2.45) is 0 Å². The average molecular weight is 288 g/mol. The van der Waals surface area contributed by atoms with Gasteiger partial charge in [0.25, 0.3) is 5.91 Å². The molecule has 112 valence electrons. The summed E-state index contributed by atoms with van der Waals surface area (Å²) < 4.78 is 5.31. The first kappa shape index (κ1) is 13.9. The molecule has 0 spiro atoms. The van der Waals surface area contributed by atoms with Crippen LogP contribution >= 0.6 is 0 Å². The van der Waals surface area contributed by atoms with Crippen LogP contribution < -0.4 is 5.32 Å². The molecule has 0 aliphatic carbocycles. The molecule has 2 aromatic rings. The van der Waals surface area contributed by atoms with Gasteiger partial charge in [0.15, 0.2) is 11.5 Å². The highest BCUT2D eigenvalue weighted by atomic mass is 16.3. The molecule has 1 aliphatic heterocycles. The fourth-order valence-corrected chi connectivity index (χ4v) is 2.73. The van der Waals surface area contributed by atoms with Crippen molar-refractivity contribution in [3.63, 3.8) is 0 Å². The Morgan fingerprint density at radius 1 is 1.57 bits per heavy atom. The number of furan rings is 1. The first-order chi connectivity index (χ1) is 10.3. The molecule has 0 aromatic carbocycles. The molecule has 0 radical (unpaired) electrons. The zero-order valence-corrected chi connectivity index (χ0v) is 12.1. The van der Waals surface area contributed by atoms with E-state index in [1.807, 2.05) is 17.0 Å². The summed E-state index contributed by atoms with van der Waals surface area (Å²) in [6.07, 6.45) is 3.55. The van der Waals surface area contributed by atoms with E-state index in [2.05, 4.69) is 22.4 Å². The number of hydrogen-bond donors (Lipinski definition) is 2. The molecule has 1 fully saturated rings. The number of nitrogens with zero attached hydrogens (tertiary/aromatic N) is 2. The van der Waals surface area contributed by atoms with Gasteiger partial charge < -0.3 is 14.6 Å². The lowest BCUT2D eigenvalue weighted by Gasteiger charge is -2.27. The second kappa shape index (κ2) is 6.13. The number of carbonyl (C=O) groups is 1. The van der Waals surface area contributed by atoms with Crippen LogP contribution in [0.15, 0.2) is 28.9 Å². The van der Waals surface area contributed by atoms with Gasteiger partial charge in [0, 0.05) is 25.2 Å². The van der Waals surface area contributed by atoms with E-state index in [1.54, 1.807) is 12.3 Å². The minimum atomic E-state index is -0.0143. The minimum absolute atomic E-state index is 0.0143. The third-order valence-corrected chi connectivity index (χ3v) is 3.78. The van der Waals surface area contributed by atoms with Crippen molar-refractivity contribution >= 4 is 5.91 Å². The van der Waals surface area contributed by atoms with E-state index in [-0.39, 0.29) is 11.9 Å². The molecule has 2 N–H and O–H groups in total. The summed E-state index contributed by atoms with van der Waals surface area (Å²) in [6.45, 7) is 4.67. The lowest BCUT2D eigenvalue weighted by Crippen LogP contribution is -2.42. The van der Waals surface area contributed by atoms with Gasteiger partial charge in [-0.05, 0) is 31.5 Å². The zero-order valence-electron chi connectivity index (χ0n) is 12.1. The highest BCUT2D eigenvalue weighted by Crippen LogP contribution is 2.20. The predicted molar refractivity (Wildman–Crippen MR) is 78.9 cm³/mol. The van der Waals surface area contributed by atoms with Crippen LogP contribution in [0.25, 0.3) is 11.5 Å². The predicted octanol–water partition coefficient (Wildman–Crippen LogP) is 1.88. The van der Waals surface area contributed by atoms with Crippen LogP contribution in [0.2, 0.25) is 0 Å². The van der Waals surface area contributed by atoms with Crippen LogP contribution in [-0.2, 0) is 0 Å². The summed E-state index contributed by atoms with van der Waals surface area (Å²) in [7, 11) is 0. The number of rotatable bonds is 5. The molecule has 21 heavy (non-hydrogen) atoms. The van der Waals surface area contributed by atoms with E-state index in [0.717, 1.165) is 38.2 Å². The van der Waals surface area contributed by atoms with Gasteiger partial charge in [0.05, 0.1) is 6.26 Å². The fourth-order valence-electron chi connectivity index (χ4n) is 2.73. The SMILES string of the molecule is CCCN(C(=O)c1cc(-c2ccco2)[nH]n1)C1CCNC1. The molecule has 3 rings (SSSR count). The maximum atomic E-state index is 12.7. The van der Waals surface area contributed by atoms with Gasteiger partial charge in [-0.2, -0.15) is 5.10 Å². The van der Waals surface area contributed by atoms with Crippen LogP contribution in [0.5, 0.6) is 0 Å². The number of H-pyrrole nitrogens is 1. The number of carbonyl (C=O) groups excluding carboxylic acids is 1. The molecule has 0 saturated carbocycles. The Morgan fingerprint density at radius 2 is 2.48 bits per heavy atom. The second-order valence-electron chi connectivity index (χ2n) is 5.29. The number of aromatic nitrogens is 2. The van der Waals surface area contributed by atoms with Gasteiger partial charge in [-0.3, -0.25) is 9.89 Å². The molecule has 0 bridgehead atoms. The molecule has 1 atom stereocenters. The monoisotopic (exact) mass is 288 g/mol. The van der Waals surface area contributed by atoms with Gasteiger partial charge in [0.2, 0.25) is 0 Å². The van der Waals surface area contributed by atoms with E-state index >= 15 is 0 Å². The molecule has 6 heteroatoms. The first-order valence-corrected chi connectivity index (χ1v) is 7.40. The summed E-state index contributed by atoms with van der Waals surface area (Å²) in [6, 6.07) is 5.67. The quantitative estimate of drug-likeness (QED) is 0.881. The molecule has 1 aliphatic rings. The third-order valence-electron chi connectivity index (χ3n) is 3.78. The van der Waals surface area contributed by atoms with Crippen molar-refractivity contribution in [1.82, 2.24) is 20.4 Å². The van der Waals surface area contributed by atoms with Crippen molar-refractivity contribution in [3.05, 3.63) is 30.2 Å². The third kappa shape index (κ3) is 2.85. The number of hydrogen-bond acceptors (Lipinski definition) is 4.